The number of piperidine rings is 1. The number of nitro groups is 1. The van der Waals surface area contributed by atoms with Crippen molar-refractivity contribution in [3.8, 4) is 5.88 Å². The maximum absolute atomic E-state index is 14.6. The third-order valence-electron chi connectivity index (χ3n) is 16.3. The Morgan fingerprint density at radius 2 is 1.76 bits per heavy atom. The number of carbonyl (C=O) groups excluding carboxylic acids is 1. The monoisotopic (exact) mass is 974 g/mol. The molecule has 6 aliphatic rings. The van der Waals surface area contributed by atoms with E-state index in [0.717, 1.165) is 81.9 Å². The van der Waals surface area contributed by atoms with Gasteiger partial charge >= 0.3 is 0 Å². The predicted molar refractivity (Wildman–Crippen MR) is 265 cm³/mol. The van der Waals surface area contributed by atoms with Crippen LogP contribution in [0.2, 0.25) is 0 Å². The topological polar surface area (TPSA) is 205 Å². The predicted octanol–water partition coefficient (Wildman–Crippen LogP) is 7.62. The fourth-order valence-electron chi connectivity index (χ4n) is 12.0. The minimum Gasteiger partial charge on any atom is -0.470 e. The fraction of sp³-hybridized carbons (Fsp3) is 0.500. The summed E-state index contributed by atoms with van der Waals surface area (Å²) in [7, 11) is -4.61. The summed E-state index contributed by atoms with van der Waals surface area (Å²) in [6.45, 7) is 9.69. The van der Waals surface area contributed by atoms with Crippen molar-refractivity contribution in [2.75, 3.05) is 74.3 Å². The summed E-state index contributed by atoms with van der Waals surface area (Å²) >= 11 is 0. The van der Waals surface area contributed by atoms with E-state index in [-0.39, 0.29) is 40.6 Å². The van der Waals surface area contributed by atoms with Gasteiger partial charge in [0.15, 0.2) is 0 Å². The smallest absolute Gasteiger partial charge is 0.293 e. The van der Waals surface area contributed by atoms with E-state index >= 15 is 0 Å². The standard InChI is InChI=1S/C52H62N8O9S/c1-33-5-3-4-6-40(33)46-31-67-22-21-58(46)38-26-52(27-38)16-19-57(20-17-52)37-7-9-41(43(24-37)59-29-36-30-68-32-47(36)69-50-45(59)23-35-13-18-53-48(35)55-50)49(61)56-70(65,66)39-8-10-42(44(25-39)60(63)64)54-28-34-11-14-51(2,62)15-12-34/h3-10,13,18,23-25,34,36,38,46-47,54,62H,11-12,14-17,19-22,26-32H2,1-2H3,(H,53,55)(H,56,61)/t34-,36-,46-,47-,51-/m0/s1. The number of ether oxygens (including phenoxy) is 3. The average molecular weight is 975 g/mol. The zero-order valence-corrected chi connectivity index (χ0v) is 40.6. The summed E-state index contributed by atoms with van der Waals surface area (Å²) < 4.78 is 49.0. The van der Waals surface area contributed by atoms with Gasteiger partial charge in [-0.25, -0.2) is 13.1 Å². The fourth-order valence-corrected chi connectivity index (χ4v) is 13.0. The van der Waals surface area contributed by atoms with Crippen molar-refractivity contribution in [2.24, 2.45) is 17.3 Å². The lowest BCUT2D eigenvalue weighted by Gasteiger charge is -2.57. The summed E-state index contributed by atoms with van der Waals surface area (Å²) in [6.07, 6.45) is 8.66. The highest BCUT2D eigenvalue weighted by Crippen LogP contribution is 2.53. The molecule has 3 aromatic carbocycles. The van der Waals surface area contributed by atoms with E-state index in [2.05, 4.69) is 56.0 Å². The number of aromatic nitrogens is 2. The first-order valence-electron chi connectivity index (χ1n) is 24.8. The molecule has 11 rings (SSSR count). The van der Waals surface area contributed by atoms with Gasteiger partial charge in [-0.1, -0.05) is 24.3 Å². The van der Waals surface area contributed by atoms with Gasteiger partial charge in [-0.05, 0) is 130 Å². The molecule has 2 saturated carbocycles. The van der Waals surface area contributed by atoms with Gasteiger partial charge < -0.3 is 39.4 Å². The molecule has 370 valence electrons. The normalized spacial score (nSPS) is 25.9. The van der Waals surface area contributed by atoms with E-state index < -0.39 is 37.0 Å². The second kappa shape index (κ2) is 18.4. The number of nitro benzene ring substituents is 1. The van der Waals surface area contributed by atoms with Gasteiger partial charge in [-0.3, -0.25) is 19.8 Å². The van der Waals surface area contributed by atoms with E-state index in [4.69, 9.17) is 19.2 Å². The molecule has 0 unspecified atom stereocenters. The molecule has 1 spiro atoms. The number of aliphatic hydroxyl groups is 1. The molecule has 1 amide bonds. The van der Waals surface area contributed by atoms with Crippen LogP contribution in [-0.4, -0.2) is 116 Å². The number of sulfonamides is 1. The van der Waals surface area contributed by atoms with Crippen LogP contribution in [0.4, 0.5) is 28.4 Å². The molecule has 0 radical (unpaired) electrons. The highest BCUT2D eigenvalue weighted by atomic mass is 32.2. The van der Waals surface area contributed by atoms with Gasteiger partial charge in [0.25, 0.3) is 21.6 Å². The molecule has 17 nitrogen and oxygen atoms in total. The Morgan fingerprint density at radius 3 is 2.54 bits per heavy atom. The van der Waals surface area contributed by atoms with Gasteiger partial charge in [-0.15, -0.1) is 0 Å². The Labute approximate surface area is 408 Å². The summed E-state index contributed by atoms with van der Waals surface area (Å²) in [6, 6.07) is 22.5. The summed E-state index contributed by atoms with van der Waals surface area (Å²) in [4.78, 5) is 41.0. The summed E-state index contributed by atoms with van der Waals surface area (Å²) in [5.41, 5.74) is 4.71. The van der Waals surface area contributed by atoms with Gasteiger partial charge in [0.2, 0.25) is 5.88 Å². The lowest BCUT2D eigenvalue weighted by atomic mass is 9.59. The van der Waals surface area contributed by atoms with Crippen LogP contribution in [0.1, 0.15) is 85.8 Å². The van der Waals surface area contributed by atoms with Gasteiger partial charge in [0.1, 0.15) is 23.1 Å². The first-order valence-corrected chi connectivity index (χ1v) is 26.3. The number of carbonyl (C=O) groups is 1. The van der Waals surface area contributed by atoms with E-state index in [1.54, 1.807) is 12.3 Å². The number of hydrogen-bond donors (Lipinski definition) is 4. The number of hydrogen-bond acceptors (Lipinski definition) is 14. The number of pyridine rings is 1. The summed E-state index contributed by atoms with van der Waals surface area (Å²) in [5, 5.41) is 26.7. The zero-order chi connectivity index (χ0) is 48.4. The molecule has 5 aromatic rings. The number of nitrogens with zero attached hydrogens (tertiary/aromatic N) is 5. The largest absolute Gasteiger partial charge is 0.470 e. The number of nitrogens with one attached hydrogen (secondary N) is 3. The third-order valence-corrected chi connectivity index (χ3v) is 17.6. The van der Waals surface area contributed by atoms with Crippen molar-refractivity contribution in [3.05, 3.63) is 106 Å². The van der Waals surface area contributed by atoms with Crippen molar-refractivity contribution in [1.29, 1.82) is 0 Å². The molecule has 70 heavy (non-hydrogen) atoms. The lowest BCUT2D eigenvalue weighted by molar-refractivity contribution is -0.384. The second-order valence-corrected chi connectivity index (χ2v) is 22.6. The number of rotatable bonds is 11. The molecule has 2 aliphatic carbocycles. The molecule has 6 heterocycles. The molecule has 3 saturated heterocycles. The summed E-state index contributed by atoms with van der Waals surface area (Å²) in [5.74, 6) is -0.400. The molecule has 0 bridgehead atoms. The SMILES string of the molecule is Cc1ccccc1[C@@H]1COCCN1C1CC2(CCN(c3ccc(C(=O)NS(=O)(=O)c4ccc(NC[C@H]5CC[C@](C)(O)CC5)c([N+](=O)[O-])c4)c(N4C[C@H]5COC[C@@H]5Oc5nc6[nH]ccc6cc54)c3)CC2)C1. The first-order chi connectivity index (χ1) is 33.7. The van der Waals surface area contributed by atoms with E-state index in [1.165, 1.54) is 23.3 Å². The number of anilines is 4. The number of amides is 1. The average Bonchev–Trinajstić information content (AvgIpc) is 3.97. The number of morpholine rings is 1. The van der Waals surface area contributed by atoms with E-state index in [0.29, 0.717) is 74.7 Å². The highest BCUT2D eigenvalue weighted by molar-refractivity contribution is 7.90. The Kier molecular flexibility index (Phi) is 12.3. The minimum atomic E-state index is -4.61. The molecule has 5 fully saturated rings. The van der Waals surface area contributed by atoms with Gasteiger partial charge in [0.05, 0.1) is 59.1 Å². The first kappa shape index (κ1) is 46.6. The third kappa shape index (κ3) is 9.08. The van der Waals surface area contributed by atoms with Crippen LogP contribution >= 0.6 is 0 Å². The molecular weight excluding hydrogens is 913 g/mol. The zero-order valence-electron chi connectivity index (χ0n) is 39.8. The highest BCUT2D eigenvalue weighted by Gasteiger charge is 2.50. The van der Waals surface area contributed by atoms with Crippen LogP contribution in [0.3, 0.4) is 0 Å². The van der Waals surface area contributed by atoms with Crippen molar-refractivity contribution in [2.45, 2.75) is 93.9 Å². The second-order valence-electron chi connectivity index (χ2n) is 20.9. The van der Waals surface area contributed by atoms with Gasteiger partial charge in [-0.2, -0.15) is 4.98 Å². The van der Waals surface area contributed by atoms with Crippen LogP contribution in [0.15, 0.2) is 83.9 Å². The number of benzene rings is 3. The Morgan fingerprint density at radius 1 is 0.957 bits per heavy atom. The number of aromatic amines is 1. The van der Waals surface area contributed by atoms with Crippen LogP contribution in [0, 0.1) is 34.3 Å². The van der Waals surface area contributed by atoms with Crippen molar-refractivity contribution in [3.63, 3.8) is 0 Å². The molecule has 18 heteroatoms. The number of aryl methyl sites for hydroxylation is 1. The molecule has 2 aromatic heterocycles. The van der Waals surface area contributed by atoms with Crippen LogP contribution < -0.4 is 24.6 Å². The Hall–Kier alpha value is -5.79. The lowest BCUT2D eigenvalue weighted by Crippen LogP contribution is -2.57. The molecule has 4 aliphatic heterocycles. The Bertz CT molecular complexity index is 2900. The van der Waals surface area contributed by atoms with Crippen LogP contribution in [-0.2, 0) is 19.5 Å². The van der Waals surface area contributed by atoms with E-state index in [1.807, 2.05) is 36.1 Å². The number of H-pyrrole nitrogens is 1. The van der Waals surface area contributed by atoms with E-state index in [9.17, 15) is 28.4 Å². The molecule has 4 N–H and O–H groups in total. The molecule has 3 atom stereocenters. The van der Waals surface area contributed by atoms with Crippen molar-refractivity contribution >= 4 is 55.4 Å². The quantitative estimate of drug-likeness (QED) is 0.0743. The van der Waals surface area contributed by atoms with Crippen molar-refractivity contribution < 1.29 is 37.5 Å². The number of fused-ring (bicyclic) bond motifs is 3. The van der Waals surface area contributed by atoms with Crippen LogP contribution in [0.5, 0.6) is 5.88 Å². The van der Waals surface area contributed by atoms with Crippen LogP contribution in [0.25, 0.3) is 11.0 Å². The van der Waals surface area contributed by atoms with Gasteiger partial charge in [0, 0.05) is 68.0 Å². The van der Waals surface area contributed by atoms with Crippen molar-refractivity contribution in [1.82, 2.24) is 19.6 Å². The minimum absolute atomic E-state index is 0.0882. The molecular formula is C52H62N8O9S. The maximum Gasteiger partial charge on any atom is 0.293 e. The maximum atomic E-state index is 14.6. The Balaban J connectivity index is 0.863.